The molecule has 2 aromatic heterocycles. The number of nitrogens with zero attached hydrogens (tertiary/aromatic N) is 3. The van der Waals surface area contributed by atoms with E-state index in [2.05, 4.69) is 40.7 Å². The monoisotopic (exact) mass is 394 g/mol. The number of nitrogens with one attached hydrogen (secondary N) is 1. The van der Waals surface area contributed by atoms with Crippen molar-refractivity contribution in [1.29, 1.82) is 0 Å². The predicted octanol–water partition coefficient (Wildman–Crippen LogP) is 3.81. The van der Waals surface area contributed by atoms with E-state index in [-0.39, 0.29) is 11.9 Å². The molecule has 1 N–H and O–H groups in total. The van der Waals surface area contributed by atoms with Crippen molar-refractivity contribution in [2.75, 3.05) is 20.8 Å². The normalized spacial score (nSPS) is 15.9. The van der Waals surface area contributed by atoms with Crippen LogP contribution in [0.1, 0.15) is 41.3 Å². The molecular weight excluding hydrogens is 368 g/mol. The Labute approximate surface area is 170 Å². The van der Waals surface area contributed by atoms with Crippen molar-refractivity contribution in [3.8, 4) is 22.8 Å². The van der Waals surface area contributed by atoms with Gasteiger partial charge in [-0.25, -0.2) is 0 Å². The highest BCUT2D eigenvalue weighted by Gasteiger charge is 2.32. The molecule has 0 aliphatic carbocycles. The summed E-state index contributed by atoms with van der Waals surface area (Å²) < 4.78 is 13.1. The predicted molar refractivity (Wildman–Crippen MR) is 110 cm³/mol. The highest BCUT2D eigenvalue weighted by molar-refractivity contribution is 5.94. The Morgan fingerprint density at radius 3 is 2.72 bits per heavy atom. The number of aromatic amines is 1. The van der Waals surface area contributed by atoms with Gasteiger partial charge in [-0.2, -0.15) is 5.10 Å². The van der Waals surface area contributed by atoms with Gasteiger partial charge in [-0.15, -0.1) is 0 Å². The first-order chi connectivity index (χ1) is 14.1. The first-order valence-electron chi connectivity index (χ1n) is 9.82. The number of carbonyl (C=O) groups is 1. The number of methoxy groups -OCH3 is 2. The van der Waals surface area contributed by atoms with Crippen LogP contribution in [0.25, 0.3) is 11.3 Å². The molecule has 29 heavy (non-hydrogen) atoms. The molecule has 4 rings (SSSR count). The fourth-order valence-electron chi connectivity index (χ4n) is 4.12. The van der Waals surface area contributed by atoms with Crippen molar-refractivity contribution in [2.45, 2.75) is 32.9 Å². The molecule has 7 nitrogen and oxygen atoms in total. The topological polar surface area (TPSA) is 72.4 Å². The molecule has 0 radical (unpaired) electrons. The highest BCUT2D eigenvalue weighted by atomic mass is 16.5. The summed E-state index contributed by atoms with van der Waals surface area (Å²) in [5.41, 5.74) is 4.32. The van der Waals surface area contributed by atoms with Gasteiger partial charge < -0.3 is 18.9 Å². The van der Waals surface area contributed by atoms with E-state index in [0.29, 0.717) is 29.4 Å². The Balaban J connectivity index is 1.64. The summed E-state index contributed by atoms with van der Waals surface area (Å²) in [6, 6.07) is 11.6. The summed E-state index contributed by atoms with van der Waals surface area (Å²) in [6.45, 7) is 5.70. The van der Waals surface area contributed by atoms with Crippen LogP contribution >= 0.6 is 0 Å². The van der Waals surface area contributed by atoms with E-state index >= 15 is 0 Å². The maximum absolute atomic E-state index is 13.3. The lowest BCUT2D eigenvalue weighted by Crippen LogP contribution is -2.42. The lowest BCUT2D eigenvalue weighted by Gasteiger charge is -2.36. The number of ether oxygens (including phenoxy) is 2. The summed E-state index contributed by atoms with van der Waals surface area (Å²) in [5, 5.41) is 7.29. The summed E-state index contributed by atoms with van der Waals surface area (Å²) in [6.07, 6.45) is 0.861. The van der Waals surface area contributed by atoms with Crippen molar-refractivity contribution in [2.24, 2.45) is 0 Å². The second kappa shape index (κ2) is 7.66. The summed E-state index contributed by atoms with van der Waals surface area (Å²) in [7, 11) is 3.23. The first-order valence-corrected chi connectivity index (χ1v) is 9.82. The third-order valence-electron chi connectivity index (χ3n) is 5.65. The van der Waals surface area contributed by atoms with E-state index in [1.165, 1.54) is 11.4 Å². The number of hydrogen-bond donors (Lipinski definition) is 1. The highest BCUT2D eigenvalue weighted by Crippen LogP contribution is 2.34. The number of aromatic nitrogens is 3. The molecule has 0 bridgehead atoms. The van der Waals surface area contributed by atoms with Crippen molar-refractivity contribution >= 4 is 5.91 Å². The van der Waals surface area contributed by atoms with Gasteiger partial charge in [0.2, 0.25) is 0 Å². The average Bonchev–Trinajstić information content (AvgIpc) is 3.39. The van der Waals surface area contributed by atoms with Gasteiger partial charge >= 0.3 is 0 Å². The molecule has 1 aliphatic rings. The number of fused-ring (bicyclic) bond motifs is 1. The minimum absolute atomic E-state index is 0.0393. The minimum atomic E-state index is -0.0393. The average molecular weight is 394 g/mol. The van der Waals surface area contributed by atoms with E-state index in [1.807, 2.05) is 23.1 Å². The smallest absolute Gasteiger partial charge is 0.272 e. The van der Waals surface area contributed by atoms with Crippen LogP contribution in [-0.4, -0.2) is 46.3 Å². The minimum Gasteiger partial charge on any atom is -0.497 e. The second-order valence-electron chi connectivity index (χ2n) is 7.21. The largest absolute Gasteiger partial charge is 0.497 e. The molecule has 1 aliphatic heterocycles. The molecule has 0 fully saturated rings. The Hall–Kier alpha value is -3.22. The van der Waals surface area contributed by atoms with Gasteiger partial charge in [0, 0.05) is 30.0 Å². The lowest BCUT2D eigenvalue weighted by atomic mass is 10.1. The van der Waals surface area contributed by atoms with Gasteiger partial charge in [0.15, 0.2) is 0 Å². The van der Waals surface area contributed by atoms with Gasteiger partial charge in [0.25, 0.3) is 5.91 Å². The van der Waals surface area contributed by atoms with Gasteiger partial charge in [0.05, 0.1) is 26.0 Å². The lowest BCUT2D eigenvalue weighted by molar-refractivity contribution is 0.0610. The van der Waals surface area contributed by atoms with Crippen molar-refractivity contribution < 1.29 is 14.3 Å². The summed E-state index contributed by atoms with van der Waals surface area (Å²) >= 11 is 0. The third kappa shape index (κ3) is 3.26. The van der Waals surface area contributed by atoms with E-state index in [9.17, 15) is 4.79 Å². The van der Waals surface area contributed by atoms with Crippen molar-refractivity contribution in [1.82, 2.24) is 19.7 Å². The number of carbonyl (C=O) groups excluding carboxylic acids is 1. The molecule has 0 saturated carbocycles. The maximum Gasteiger partial charge on any atom is 0.272 e. The Morgan fingerprint density at radius 2 is 2.00 bits per heavy atom. The number of H-pyrrole nitrogens is 1. The number of rotatable bonds is 5. The molecule has 0 saturated heterocycles. The third-order valence-corrected chi connectivity index (χ3v) is 5.65. The summed E-state index contributed by atoms with van der Waals surface area (Å²) in [5.74, 6) is 1.34. The van der Waals surface area contributed by atoms with Crippen LogP contribution in [0, 0.1) is 6.92 Å². The summed E-state index contributed by atoms with van der Waals surface area (Å²) in [4.78, 5) is 15.2. The first kappa shape index (κ1) is 19.1. The zero-order valence-electron chi connectivity index (χ0n) is 17.2. The quantitative estimate of drug-likeness (QED) is 0.714. The van der Waals surface area contributed by atoms with E-state index in [4.69, 9.17) is 9.47 Å². The fourth-order valence-corrected chi connectivity index (χ4v) is 4.12. The zero-order valence-corrected chi connectivity index (χ0v) is 17.2. The van der Waals surface area contributed by atoms with Crippen LogP contribution in [0.3, 0.4) is 0 Å². The van der Waals surface area contributed by atoms with Gasteiger partial charge in [-0.3, -0.25) is 9.89 Å². The number of amides is 1. The van der Waals surface area contributed by atoms with Gasteiger partial charge in [-0.1, -0.05) is 6.92 Å². The zero-order chi connectivity index (χ0) is 20.5. The number of aryl methyl sites for hydroxylation is 1. The molecule has 152 valence electrons. The molecule has 3 aromatic rings. The van der Waals surface area contributed by atoms with Crippen LogP contribution in [0.2, 0.25) is 0 Å². The molecule has 1 unspecified atom stereocenters. The molecule has 0 spiro atoms. The van der Waals surface area contributed by atoms with Crippen LogP contribution < -0.4 is 9.47 Å². The molecule has 7 heteroatoms. The SMILES string of the molecule is CCC1c2ccc(C)n2CCN1C(=O)c1cc(-c2cc(OC)ccc2OC)n[nH]1. The number of benzene rings is 1. The van der Waals surface area contributed by atoms with Crippen LogP contribution in [0.5, 0.6) is 11.5 Å². The van der Waals surface area contributed by atoms with E-state index in [1.54, 1.807) is 20.3 Å². The van der Waals surface area contributed by atoms with E-state index in [0.717, 1.165) is 18.5 Å². The van der Waals surface area contributed by atoms with Crippen molar-refractivity contribution in [3.63, 3.8) is 0 Å². The van der Waals surface area contributed by atoms with Gasteiger partial charge in [-0.05, 0) is 49.7 Å². The van der Waals surface area contributed by atoms with Crippen LogP contribution in [-0.2, 0) is 6.54 Å². The second-order valence-corrected chi connectivity index (χ2v) is 7.21. The standard InChI is InChI=1S/C22H26N4O3/c1-5-19-20-8-6-14(2)25(20)10-11-26(19)22(27)18-13-17(23-24-18)16-12-15(28-3)7-9-21(16)29-4/h6-9,12-13,19H,5,10-11H2,1-4H3,(H,23,24). The molecule has 1 amide bonds. The maximum atomic E-state index is 13.3. The molecular formula is C22H26N4O3. The van der Waals surface area contributed by atoms with Crippen molar-refractivity contribution in [3.05, 3.63) is 53.5 Å². The fraction of sp³-hybridized carbons (Fsp3) is 0.364. The Bertz CT molecular complexity index is 1040. The molecule has 1 aromatic carbocycles. The molecule has 3 heterocycles. The van der Waals surface area contributed by atoms with Crippen LogP contribution in [0.4, 0.5) is 0 Å². The van der Waals surface area contributed by atoms with Gasteiger partial charge in [0.1, 0.15) is 17.2 Å². The van der Waals surface area contributed by atoms with E-state index < -0.39 is 0 Å². The molecule has 1 atom stereocenters. The number of hydrogen-bond acceptors (Lipinski definition) is 4. The van der Waals surface area contributed by atoms with Crippen LogP contribution in [0.15, 0.2) is 36.4 Å². The Kier molecular flexibility index (Phi) is 5.05. The Morgan fingerprint density at radius 1 is 1.17 bits per heavy atom.